The number of rotatable bonds is 1. The Kier molecular flexibility index (Phi) is 3.44. The molecule has 5 atom stereocenters. The average molecular weight is 424 g/mol. The standard InChI is InChI=1S/C23H24N2O6/c1-30-18(28)14-12-21-8-5-11-24-17(27)16(26)23(19(21)24)13-6-3-4-7-15(13)25(20(29)31-2)22(14,23)10-9-21/h3-4,6-7,14,19H,5,8-12H2,1-2H3/t14-,19+,21+,22+,23+/m0/s1. The number of fused-ring (bicyclic) bond motifs is 3. The first kappa shape index (κ1) is 18.8. The van der Waals surface area contributed by atoms with Crippen molar-refractivity contribution >= 4 is 29.4 Å². The van der Waals surface area contributed by atoms with E-state index >= 15 is 0 Å². The summed E-state index contributed by atoms with van der Waals surface area (Å²) in [6.45, 7) is 0.526. The molecule has 3 saturated carbocycles. The summed E-state index contributed by atoms with van der Waals surface area (Å²) in [7, 11) is 2.63. The van der Waals surface area contributed by atoms with Crippen LogP contribution in [0.25, 0.3) is 0 Å². The van der Waals surface area contributed by atoms with Crippen LogP contribution < -0.4 is 4.90 Å². The molecule has 3 spiro atoms. The number of amides is 2. The second-order valence-corrected chi connectivity index (χ2v) is 9.53. The molecular weight excluding hydrogens is 400 g/mol. The fourth-order valence-electron chi connectivity index (χ4n) is 8.14. The zero-order chi connectivity index (χ0) is 21.8. The number of anilines is 1. The zero-order valence-corrected chi connectivity index (χ0v) is 17.6. The van der Waals surface area contributed by atoms with E-state index < -0.39 is 40.6 Å². The van der Waals surface area contributed by atoms with Crippen LogP contribution in [-0.4, -0.2) is 61.0 Å². The van der Waals surface area contributed by atoms with Crippen LogP contribution in [0.2, 0.25) is 0 Å². The molecule has 1 aromatic rings. The number of ketones is 1. The van der Waals surface area contributed by atoms with E-state index in [1.54, 1.807) is 17.0 Å². The first-order valence-corrected chi connectivity index (χ1v) is 10.8. The van der Waals surface area contributed by atoms with E-state index in [9.17, 15) is 19.2 Å². The van der Waals surface area contributed by atoms with Crippen molar-refractivity contribution in [1.29, 1.82) is 0 Å². The Labute approximate surface area is 179 Å². The Morgan fingerprint density at radius 2 is 1.84 bits per heavy atom. The van der Waals surface area contributed by atoms with Gasteiger partial charge in [0, 0.05) is 6.54 Å². The van der Waals surface area contributed by atoms with Gasteiger partial charge in [0.1, 0.15) is 5.41 Å². The summed E-state index contributed by atoms with van der Waals surface area (Å²) in [6.07, 6.45) is 2.70. The Balaban J connectivity index is 1.76. The number of esters is 1. The minimum Gasteiger partial charge on any atom is -0.469 e. The van der Waals surface area contributed by atoms with E-state index in [4.69, 9.17) is 9.47 Å². The average Bonchev–Trinajstić information content (AvgIpc) is 3.21. The van der Waals surface area contributed by atoms with Gasteiger partial charge in [-0.25, -0.2) is 4.79 Å². The highest BCUT2D eigenvalue weighted by Crippen LogP contribution is 2.75. The molecule has 162 valence electrons. The topological polar surface area (TPSA) is 93.2 Å². The van der Waals surface area contributed by atoms with E-state index in [0.29, 0.717) is 30.6 Å². The van der Waals surface area contributed by atoms with Gasteiger partial charge in [0.15, 0.2) is 0 Å². The third-order valence-electron chi connectivity index (χ3n) is 8.87. The van der Waals surface area contributed by atoms with Crippen molar-refractivity contribution in [3.63, 3.8) is 0 Å². The molecule has 0 radical (unpaired) electrons. The highest BCUT2D eigenvalue weighted by molar-refractivity contribution is 6.44. The molecule has 3 aliphatic heterocycles. The summed E-state index contributed by atoms with van der Waals surface area (Å²) >= 11 is 0. The van der Waals surface area contributed by atoms with E-state index in [1.807, 2.05) is 12.1 Å². The van der Waals surface area contributed by atoms with E-state index in [0.717, 1.165) is 19.3 Å². The van der Waals surface area contributed by atoms with Gasteiger partial charge in [0.25, 0.3) is 5.91 Å². The lowest BCUT2D eigenvalue weighted by molar-refractivity contribution is -0.176. The molecule has 7 rings (SSSR count). The molecule has 3 aliphatic carbocycles. The molecule has 8 heteroatoms. The predicted octanol–water partition coefficient (Wildman–Crippen LogP) is 1.80. The lowest BCUT2D eigenvalue weighted by Gasteiger charge is -2.68. The molecule has 8 nitrogen and oxygen atoms in total. The summed E-state index contributed by atoms with van der Waals surface area (Å²) in [5, 5.41) is 0. The van der Waals surface area contributed by atoms with Crippen molar-refractivity contribution in [2.24, 2.45) is 11.3 Å². The largest absolute Gasteiger partial charge is 0.469 e. The van der Waals surface area contributed by atoms with E-state index in [1.165, 1.54) is 19.1 Å². The molecule has 2 amide bonds. The van der Waals surface area contributed by atoms with Crippen molar-refractivity contribution in [2.75, 3.05) is 25.7 Å². The first-order chi connectivity index (χ1) is 14.9. The summed E-state index contributed by atoms with van der Waals surface area (Å²) in [5.41, 5.74) is -1.65. The summed E-state index contributed by atoms with van der Waals surface area (Å²) in [4.78, 5) is 57.1. The van der Waals surface area contributed by atoms with Gasteiger partial charge >= 0.3 is 12.1 Å². The third-order valence-corrected chi connectivity index (χ3v) is 8.87. The number of hydrogen-bond donors (Lipinski definition) is 0. The molecule has 2 bridgehead atoms. The second-order valence-electron chi connectivity index (χ2n) is 9.53. The Morgan fingerprint density at radius 1 is 1.06 bits per heavy atom. The molecule has 3 heterocycles. The van der Waals surface area contributed by atoms with Crippen molar-refractivity contribution < 1.29 is 28.7 Å². The van der Waals surface area contributed by atoms with Crippen LogP contribution in [0, 0.1) is 11.3 Å². The second kappa shape index (κ2) is 5.66. The number of methoxy groups -OCH3 is 2. The Hall–Kier alpha value is -2.90. The first-order valence-electron chi connectivity index (χ1n) is 10.8. The van der Waals surface area contributed by atoms with Gasteiger partial charge in [0.05, 0.1) is 37.4 Å². The number of nitrogens with zero attached hydrogens (tertiary/aromatic N) is 2. The predicted molar refractivity (Wildman–Crippen MR) is 107 cm³/mol. The van der Waals surface area contributed by atoms with Crippen molar-refractivity contribution in [1.82, 2.24) is 4.90 Å². The number of benzene rings is 1. The zero-order valence-electron chi connectivity index (χ0n) is 17.6. The number of para-hydroxylation sites is 1. The van der Waals surface area contributed by atoms with Gasteiger partial charge in [-0.15, -0.1) is 0 Å². The van der Waals surface area contributed by atoms with Crippen LogP contribution in [0.3, 0.4) is 0 Å². The smallest absolute Gasteiger partial charge is 0.414 e. The van der Waals surface area contributed by atoms with Crippen LogP contribution in [-0.2, 0) is 29.3 Å². The molecule has 0 unspecified atom stereocenters. The molecule has 2 saturated heterocycles. The highest BCUT2D eigenvalue weighted by Gasteiger charge is 2.86. The van der Waals surface area contributed by atoms with Gasteiger partial charge in [-0.05, 0) is 49.1 Å². The Morgan fingerprint density at radius 3 is 2.58 bits per heavy atom. The molecule has 5 fully saturated rings. The fraction of sp³-hybridized carbons (Fsp3) is 0.565. The molecule has 0 aromatic heterocycles. The number of piperidine rings is 1. The number of carbonyl (C=O) groups excluding carboxylic acids is 4. The monoisotopic (exact) mass is 424 g/mol. The fourth-order valence-corrected chi connectivity index (χ4v) is 8.14. The SMILES string of the molecule is COC(=O)[C@@H]1C[C@@]23CCCN4C(=O)C(=O)[C@]5(c6ccccc6N(C(=O)OC)[C@]15CC2)[C@H]43. The maximum atomic E-state index is 14.0. The molecule has 6 aliphatic rings. The minimum atomic E-state index is -1.29. The lowest BCUT2D eigenvalue weighted by atomic mass is 9.38. The van der Waals surface area contributed by atoms with E-state index in [2.05, 4.69) is 0 Å². The van der Waals surface area contributed by atoms with Gasteiger partial charge < -0.3 is 14.4 Å². The number of ether oxygens (including phenoxy) is 2. The molecular formula is C23H24N2O6. The van der Waals surface area contributed by atoms with Crippen LogP contribution in [0.4, 0.5) is 10.5 Å². The van der Waals surface area contributed by atoms with Crippen LogP contribution >= 0.6 is 0 Å². The number of carbonyl (C=O) groups is 4. The summed E-state index contributed by atoms with van der Waals surface area (Å²) < 4.78 is 10.4. The van der Waals surface area contributed by atoms with Crippen molar-refractivity contribution in [2.45, 2.75) is 49.1 Å². The van der Waals surface area contributed by atoms with E-state index in [-0.39, 0.29) is 11.5 Å². The summed E-state index contributed by atoms with van der Waals surface area (Å²) in [5.74, 6) is -2.16. The van der Waals surface area contributed by atoms with Crippen LogP contribution in [0.1, 0.15) is 37.7 Å². The Bertz CT molecular complexity index is 1070. The van der Waals surface area contributed by atoms with Crippen LogP contribution in [0.5, 0.6) is 0 Å². The molecule has 0 N–H and O–H groups in total. The maximum Gasteiger partial charge on any atom is 0.414 e. The molecule has 1 aromatic carbocycles. The lowest BCUT2D eigenvalue weighted by Crippen LogP contribution is -2.80. The van der Waals surface area contributed by atoms with Crippen molar-refractivity contribution in [3.8, 4) is 0 Å². The maximum absolute atomic E-state index is 14.0. The third kappa shape index (κ3) is 1.70. The number of Topliss-reactive ketones (excluding diaryl/α,β-unsaturated/α-hetero) is 1. The highest BCUT2D eigenvalue weighted by atomic mass is 16.5. The number of hydrogen-bond acceptors (Lipinski definition) is 6. The van der Waals surface area contributed by atoms with Gasteiger partial charge in [-0.2, -0.15) is 0 Å². The molecule has 31 heavy (non-hydrogen) atoms. The van der Waals surface area contributed by atoms with Crippen molar-refractivity contribution in [3.05, 3.63) is 29.8 Å². The normalized spacial score (nSPS) is 39.2. The minimum absolute atomic E-state index is 0.347. The van der Waals surface area contributed by atoms with Crippen LogP contribution in [0.15, 0.2) is 24.3 Å². The van der Waals surface area contributed by atoms with Gasteiger partial charge in [-0.1, -0.05) is 18.2 Å². The summed E-state index contributed by atoms with van der Waals surface area (Å²) in [6, 6.07) is 6.89. The quantitative estimate of drug-likeness (QED) is 0.504. The van der Waals surface area contributed by atoms with Gasteiger partial charge in [-0.3, -0.25) is 19.3 Å². The van der Waals surface area contributed by atoms with Gasteiger partial charge in [0.2, 0.25) is 5.78 Å².